The number of hydrogen-bond acceptors (Lipinski definition) is 2. The van der Waals surface area contributed by atoms with E-state index < -0.39 is 0 Å². The van der Waals surface area contributed by atoms with Crippen molar-refractivity contribution in [2.24, 2.45) is 4.99 Å². The van der Waals surface area contributed by atoms with E-state index >= 15 is 0 Å². The van der Waals surface area contributed by atoms with Crippen LogP contribution in [0.4, 0.5) is 5.69 Å². The normalized spacial score (nSPS) is 14.4. The van der Waals surface area contributed by atoms with Crippen LogP contribution in [0.2, 0.25) is 0 Å². The van der Waals surface area contributed by atoms with E-state index in [-0.39, 0.29) is 5.41 Å². The van der Waals surface area contributed by atoms with E-state index in [0.717, 1.165) is 12.1 Å². The molecule has 24 heavy (non-hydrogen) atoms. The van der Waals surface area contributed by atoms with E-state index in [9.17, 15) is 0 Å². The maximum atomic E-state index is 4.66. The predicted octanol–water partition coefficient (Wildman–Crippen LogP) is 5.28. The van der Waals surface area contributed by atoms with Gasteiger partial charge in [-0.05, 0) is 39.8 Å². The third-order valence-electron chi connectivity index (χ3n) is 4.57. The third kappa shape index (κ3) is 3.43. The summed E-state index contributed by atoms with van der Waals surface area (Å²) in [7, 11) is 4.12. The van der Waals surface area contributed by atoms with E-state index in [0.29, 0.717) is 0 Å². The molecular weight excluding hydrogens is 292 g/mol. The molecule has 0 aliphatic carbocycles. The lowest BCUT2D eigenvalue weighted by molar-refractivity contribution is 0.590. The molecule has 2 nitrogen and oxygen atoms in total. The SMILES string of the molecule is CN(C)c1ccc(C2=CN=C(c3ccc(C(C)(C)C)cc3)C2)cc1. The smallest absolute Gasteiger partial charge is 0.0520 e. The maximum Gasteiger partial charge on any atom is 0.0520 e. The fourth-order valence-corrected chi connectivity index (χ4v) is 2.92. The lowest BCUT2D eigenvalue weighted by Gasteiger charge is -2.19. The van der Waals surface area contributed by atoms with Gasteiger partial charge >= 0.3 is 0 Å². The Bertz CT molecular complexity index is 770. The lowest BCUT2D eigenvalue weighted by atomic mass is 9.86. The highest BCUT2D eigenvalue weighted by molar-refractivity contribution is 6.09. The maximum absolute atomic E-state index is 4.66. The van der Waals surface area contributed by atoms with Gasteiger partial charge in [-0.2, -0.15) is 0 Å². The summed E-state index contributed by atoms with van der Waals surface area (Å²) in [5.74, 6) is 0. The number of nitrogens with zero attached hydrogens (tertiary/aromatic N) is 2. The van der Waals surface area contributed by atoms with Crippen LogP contribution in [0.1, 0.15) is 43.9 Å². The van der Waals surface area contributed by atoms with Crippen LogP contribution in [0.15, 0.2) is 59.7 Å². The molecule has 2 aromatic rings. The minimum Gasteiger partial charge on any atom is -0.378 e. The van der Waals surface area contributed by atoms with E-state index in [4.69, 9.17) is 0 Å². The molecule has 0 radical (unpaired) electrons. The van der Waals surface area contributed by atoms with E-state index in [1.165, 1.54) is 28.0 Å². The largest absolute Gasteiger partial charge is 0.378 e. The molecule has 3 rings (SSSR count). The molecule has 0 spiro atoms. The van der Waals surface area contributed by atoms with Crippen LogP contribution < -0.4 is 4.90 Å². The first-order valence-electron chi connectivity index (χ1n) is 8.49. The van der Waals surface area contributed by atoms with Crippen molar-refractivity contribution in [3.63, 3.8) is 0 Å². The first-order valence-corrected chi connectivity index (χ1v) is 8.49. The quantitative estimate of drug-likeness (QED) is 0.751. The summed E-state index contributed by atoms with van der Waals surface area (Å²) in [6.07, 6.45) is 2.91. The van der Waals surface area contributed by atoms with E-state index in [1.807, 2.05) is 6.20 Å². The number of rotatable bonds is 3. The number of allylic oxidation sites excluding steroid dienone is 1. The van der Waals surface area contributed by atoms with Crippen molar-refractivity contribution in [2.45, 2.75) is 32.6 Å². The summed E-state index contributed by atoms with van der Waals surface area (Å²) in [6, 6.07) is 17.5. The van der Waals surface area contributed by atoms with Crippen molar-refractivity contribution in [3.05, 3.63) is 71.4 Å². The summed E-state index contributed by atoms with van der Waals surface area (Å²) in [5.41, 5.74) is 7.68. The number of anilines is 1. The number of aliphatic imine (C=N–C) groups is 1. The fourth-order valence-electron chi connectivity index (χ4n) is 2.92. The average Bonchev–Trinajstić information content (AvgIpc) is 3.04. The van der Waals surface area contributed by atoms with Gasteiger partial charge in [0.05, 0.1) is 5.71 Å². The fraction of sp³-hybridized carbons (Fsp3) is 0.318. The molecule has 0 unspecified atom stereocenters. The summed E-state index contributed by atoms with van der Waals surface area (Å²) in [4.78, 5) is 6.77. The monoisotopic (exact) mass is 318 g/mol. The molecule has 0 saturated carbocycles. The van der Waals surface area contributed by atoms with Crippen molar-refractivity contribution in [1.29, 1.82) is 0 Å². The molecule has 0 atom stereocenters. The van der Waals surface area contributed by atoms with Crippen LogP contribution >= 0.6 is 0 Å². The Kier molecular flexibility index (Phi) is 4.31. The third-order valence-corrected chi connectivity index (χ3v) is 4.57. The molecule has 0 amide bonds. The Labute approximate surface area is 145 Å². The van der Waals surface area contributed by atoms with Gasteiger partial charge in [0.15, 0.2) is 0 Å². The van der Waals surface area contributed by atoms with Crippen LogP contribution in [0, 0.1) is 0 Å². The molecule has 2 aromatic carbocycles. The Hall–Kier alpha value is -2.35. The number of benzene rings is 2. The van der Waals surface area contributed by atoms with Gasteiger partial charge in [-0.25, -0.2) is 0 Å². The van der Waals surface area contributed by atoms with Gasteiger partial charge in [0.2, 0.25) is 0 Å². The highest BCUT2D eigenvalue weighted by atomic mass is 15.1. The van der Waals surface area contributed by atoms with Gasteiger partial charge in [0.25, 0.3) is 0 Å². The molecule has 0 N–H and O–H groups in total. The Morgan fingerprint density at radius 3 is 1.96 bits per heavy atom. The van der Waals surface area contributed by atoms with Crippen molar-refractivity contribution in [3.8, 4) is 0 Å². The Morgan fingerprint density at radius 2 is 1.42 bits per heavy atom. The van der Waals surface area contributed by atoms with Crippen LogP contribution in [0.3, 0.4) is 0 Å². The van der Waals surface area contributed by atoms with Gasteiger partial charge in [-0.3, -0.25) is 4.99 Å². The van der Waals surface area contributed by atoms with Gasteiger partial charge in [-0.15, -0.1) is 0 Å². The van der Waals surface area contributed by atoms with Crippen molar-refractivity contribution in [1.82, 2.24) is 0 Å². The van der Waals surface area contributed by atoms with Gasteiger partial charge in [0, 0.05) is 32.4 Å². The zero-order chi connectivity index (χ0) is 17.3. The number of hydrogen-bond donors (Lipinski definition) is 0. The molecular formula is C22H26N2. The van der Waals surface area contributed by atoms with Crippen LogP contribution in [0.25, 0.3) is 5.57 Å². The first-order chi connectivity index (χ1) is 11.3. The minimum atomic E-state index is 0.188. The lowest BCUT2D eigenvalue weighted by Crippen LogP contribution is -2.11. The predicted molar refractivity (Wildman–Crippen MR) is 105 cm³/mol. The highest BCUT2D eigenvalue weighted by Gasteiger charge is 2.16. The van der Waals surface area contributed by atoms with Crippen LogP contribution in [0.5, 0.6) is 0 Å². The standard InChI is InChI=1S/C22H26N2/c1-22(2,3)19-10-6-17(7-11-19)21-14-18(15-23-21)16-8-12-20(13-9-16)24(4)5/h6-13,15H,14H2,1-5H3. The summed E-state index contributed by atoms with van der Waals surface area (Å²) < 4.78 is 0. The van der Waals surface area contributed by atoms with Crippen molar-refractivity contribution in [2.75, 3.05) is 19.0 Å². The van der Waals surface area contributed by atoms with Gasteiger partial charge < -0.3 is 4.90 Å². The topological polar surface area (TPSA) is 15.6 Å². The zero-order valence-electron chi connectivity index (χ0n) is 15.3. The Morgan fingerprint density at radius 1 is 0.833 bits per heavy atom. The van der Waals surface area contributed by atoms with Gasteiger partial charge in [-0.1, -0.05) is 57.2 Å². The van der Waals surface area contributed by atoms with Crippen molar-refractivity contribution >= 4 is 17.0 Å². The molecule has 0 bridgehead atoms. The molecule has 0 aromatic heterocycles. The second-order valence-electron chi connectivity index (χ2n) is 7.68. The summed E-state index contributed by atoms with van der Waals surface area (Å²) in [5, 5.41) is 0. The average molecular weight is 318 g/mol. The highest BCUT2D eigenvalue weighted by Crippen LogP contribution is 2.29. The summed E-state index contributed by atoms with van der Waals surface area (Å²) >= 11 is 0. The molecule has 0 saturated heterocycles. The van der Waals surface area contributed by atoms with Crippen molar-refractivity contribution < 1.29 is 0 Å². The van der Waals surface area contributed by atoms with E-state index in [1.54, 1.807) is 0 Å². The zero-order valence-corrected chi connectivity index (χ0v) is 15.3. The molecule has 2 heteroatoms. The molecule has 1 heterocycles. The molecule has 124 valence electrons. The second-order valence-corrected chi connectivity index (χ2v) is 7.68. The van der Waals surface area contributed by atoms with Gasteiger partial charge in [0.1, 0.15) is 0 Å². The summed E-state index contributed by atoms with van der Waals surface area (Å²) in [6.45, 7) is 6.73. The van der Waals surface area contributed by atoms with Crippen LogP contribution in [-0.4, -0.2) is 19.8 Å². The van der Waals surface area contributed by atoms with E-state index in [2.05, 4.69) is 93.3 Å². The Balaban J connectivity index is 1.72. The minimum absolute atomic E-state index is 0.188. The van der Waals surface area contributed by atoms with Crippen LogP contribution in [-0.2, 0) is 5.41 Å². The second kappa shape index (κ2) is 6.27. The first kappa shape index (κ1) is 16.5. The molecule has 1 aliphatic rings. The molecule has 1 aliphatic heterocycles. The molecule has 0 fully saturated rings.